The lowest BCUT2D eigenvalue weighted by Crippen LogP contribution is -2.36. The molecule has 2 aliphatic rings. The summed E-state index contributed by atoms with van der Waals surface area (Å²) in [6.07, 6.45) is 2.25. The van der Waals surface area contributed by atoms with Crippen molar-refractivity contribution >= 4 is 23.4 Å². The van der Waals surface area contributed by atoms with Crippen LogP contribution in [-0.4, -0.2) is 80.5 Å². The second kappa shape index (κ2) is 11.8. The number of aliphatic hydroxyl groups excluding tert-OH is 1. The molecule has 0 aromatic heterocycles. The fourth-order valence-corrected chi connectivity index (χ4v) is 4.83. The molecule has 1 aliphatic heterocycles. The molecule has 2 N–H and O–H groups in total. The molecule has 3 amide bonds. The van der Waals surface area contributed by atoms with Crippen molar-refractivity contribution in [2.45, 2.75) is 38.2 Å². The van der Waals surface area contributed by atoms with Crippen molar-refractivity contribution in [2.75, 3.05) is 41.0 Å². The lowest BCUT2D eigenvalue weighted by atomic mass is 9.92. The number of aliphatic imine (C=N–C) groups is 1. The number of fused-ring (bicyclic) bond motifs is 1. The molecule has 2 aromatic carbocycles. The number of nitrogens with zero attached hydrogens (tertiary/aromatic N) is 2. The van der Waals surface area contributed by atoms with Crippen molar-refractivity contribution in [3.63, 3.8) is 0 Å². The van der Waals surface area contributed by atoms with Crippen LogP contribution in [0.15, 0.2) is 29.3 Å². The summed E-state index contributed by atoms with van der Waals surface area (Å²) in [6.45, 7) is 0.265. The molecule has 1 atom stereocenters. The molecule has 1 heterocycles. The normalized spacial score (nSPS) is 17.7. The standard InChI is InChI=1S/C28H32FN3O6/c1-32(2)25(34)14-30-27(35)20-8-7-16(12-22(20)29)11-17-13-21(26(37-3)19-6-4-5-18(17)19)28(36)31-23-9-10-38-15-24(23)33/h7-8,12-13,24,33H,4-6,9-11,14-15H2,1-3H3,(H,30,35)/b31-23-/t24-/m0/s1. The van der Waals surface area contributed by atoms with Crippen LogP contribution in [0.1, 0.15) is 55.8 Å². The van der Waals surface area contributed by atoms with Gasteiger partial charge in [-0.3, -0.25) is 14.4 Å². The van der Waals surface area contributed by atoms with E-state index in [1.807, 2.05) is 0 Å². The van der Waals surface area contributed by atoms with Gasteiger partial charge in [-0.2, -0.15) is 0 Å². The molecule has 10 heteroatoms. The third kappa shape index (κ3) is 5.92. The van der Waals surface area contributed by atoms with Gasteiger partial charge in [-0.15, -0.1) is 0 Å². The zero-order chi connectivity index (χ0) is 27.4. The van der Waals surface area contributed by atoms with Gasteiger partial charge in [-0.25, -0.2) is 9.38 Å². The van der Waals surface area contributed by atoms with E-state index >= 15 is 0 Å². The van der Waals surface area contributed by atoms with Crippen molar-refractivity contribution in [1.29, 1.82) is 0 Å². The second-order valence-electron chi connectivity index (χ2n) is 9.64. The Morgan fingerprint density at radius 2 is 1.92 bits per heavy atom. The van der Waals surface area contributed by atoms with Crippen LogP contribution in [0.4, 0.5) is 4.39 Å². The highest BCUT2D eigenvalue weighted by Crippen LogP contribution is 2.38. The number of hydrogen-bond donors (Lipinski definition) is 2. The smallest absolute Gasteiger partial charge is 0.280 e. The summed E-state index contributed by atoms with van der Waals surface area (Å²) < 4.78 is 25.8. The highest BCUT2D eigenvalue weighted by Gasteiger charge is 2.27. The van der Waals surface area contributed by atoms with E-state index in [9.17, 15) is 23.9 Å². The van der Waals surface area contributed by atoms with Gasteiger partial charge in [0.1, 0.15) is 17.7 Å². The molecule has 4 rings (SSSR count). The molecule has 202 valence electrons. The number of aliphatic hydroxyl groups is 1. The van der Waals surface area contributed by atoms with Gasteiger partial charge >= 0.3 is 0 Å². The van der Waals surface area contributed by atoms with Gasteiger partial charge in [0, 0.05) is 20.5 Å². The molecule has 0 spiro atoms. The Hall–Kier alpha value is -3.63. The van der Waals surface area contributed by atoms with Crippen LogP contribution in [0.3, 0.4) is 0 Å². The Bertz CT molecular complexity index is 1290. The zero-order valence-corrected chi connectivity index (χ0v) is 21.8. The van der Waals surface area contributed by atoms with Crippen molar-refractivity contribution in [3.05, 3.63) is 63.5 Å². The fourth-order valence-electron chi connectivity index (χ4n) is 4.83. The minimum Gasteiger partial charge on any atom is -0.496 e. The van der Waals surface area contributed by atoms with Gasteiger partial charge < -0.3 is 24.8 Å². The maximum absolute atomic E-state index is 14.9. The first-order valence-corrected chi connectivity index (χ1v) is 12.6. The first kappa shape index (κ1) is 27.4. The lowest BCUT2D eigenvalue weighted by Gasteiger charge is -2.20. The van der Waals surface area contributed by atoms with Crippen molar-refractivity contribution in [3.8, 4) is 5.75 Å². The van der Waals surface area contributed by atoms with Gasteiger partial charge in [0.15, 0.2) is 0 Å². The third-order valence-electron chi connectivity index (χ3n) is 6.86. The van der Waals surface area contributed by atoms with Crippen molar-refractivity contribution in [1.82, 2.24) is 10.2 Å². The number of hydrogen-bond acceptors (Lipinski definition) is 6. The molecule has 1 fully saturated rings. The number of ether oxygens (including phenoxy) is 2. The maximum Gasteiger partial charge on any atom is 0.280 e. The van der Waals surface area contributed by atoms with Crippen molar-refractivity contribution < 1.29 is 33.4 Å². The molecule has 38 heavy (non-hydrogen) atoms. The Labute approximate surface area is 220 Å². The van der Waals surface area contributed by atoms with Gasteiger partial charge in [0.05, 0.1) is 43.7 Å². The summed E-state index contributed by atoms with van der Waals surface area (Å²) in [5.41, 5.74) is 4.05. The summed E-state index contributed by atoms with van der Waals surface area (Å²) >= 11 is 0. The Balaban J connectivity index is 1.61. The number of rotatable bonds is 7. The predicted octanol–water partition coefficient (Wildman–Crippen LogP) is 2.09. The van der Waals surface area contributed by atoms with E-state index < -0.39 is 23.7 Å². The molecule has 9 nitrogen and oxygen atoms in total. The number of benzene rings is 2. The molecule has 0 unspecified atom stereocenters. The minimum atomic E-state index is -0.924. The zero-order valence-electron chi connectivity index (χ0n) is 21.8. The maximum atomic E-state index is 14.9. The van der Waals surface area contributed by atoms with Crippen molar-refractivity contribution in [2.24, 2.45) is 4.99 Å². The summed E-state index contributed by atoms with van der Waals surface area (Å²) in [5, 5.41) is 12.6. The summed E-state index contributed by atoms with van der Waals surface area (Å²) in [7, 11) is 4.66. The molecule has 1 saturated heterocycles. The first-order valence-electron chi connectivity index (χ1n) is 12.6. The Kier molecular flexibility index (Phi) is 8.53. The van der Waals surface area contributed by atoms with Crippen LogP contribution in [0.25, 0.3) is 0 Å². The van der Waals surface area contributed by atoms with Gasteiger partial charge in [-0.05, 0) is 66.1 Å². The van der Waals surface area contributed by atoms with E-state index in [4.69, 9.17) is 9.47 Å². The van der Waals surface area contributed by atoms with Crippen LogP contribution in [0, 0.1) is 5.82 Å². The van der Waals surface area contributed by atoms with Crippen LogP contribution < -0.4 is 10.1 Å². The van der Waals surface area contributed by atoms with Crippen LogP contribution in [0.5, 0.6) is 5.75 Å². The topological polar surface area (TPSA) is 118 Å². The number of nitrogens with one attached hydrogen (secondary N) is 1. The molecule has 0 bridgehead atoms. The number of amides is 3. The van der Waals surface area contributed by atoms with Gasteiger partial charge in [0.2, 0.25) is 5.91 Å². The number of methoxy groups -OCH3 is 1. The monoisotopic (exact) mass is 525 g/mol. The van der Waals surface area contributed by atoms with E-state index in [-0.39, 0.29) is 24.6 Å². The van der Waals surface area contributed by atoms with E-state index in [0.717, 1.165) is 36.0 Å². The summed E-state index contributed by atoms with van der Waals surface area (Å²) in [4.78, 5) is 42.8. The average Bonchev–Trinajstić information content (AvgIpc) is 3.38. The number of likely N-dealkylation sites (N-methyl/N-ethyl adjacent to an activating group) is 1. The van der Waals surface area contributed by atoms with E-state index in [0.29, 0.717) is 42.0 Å². The summed E-state index contributed by atoms with van der Waals surface area (Å²) in [6, 6.07) is 6.10. The average molecular weight is 526 g/mol. The summed E-state index contributed by atoms with van der Waals surface area (Å²) in [5.74, 6) is -1.68. The van der Waals surface area contributed by atoms with E-state index in [1.54, 1.807) is 26.2 Å². The predicted molar refractivity (Wildman–Crippen MR) is 138 cm³/mol. The number of carbonyl (C=O) groups excluding carboxylic acids is 3. The van der Waals surface area contributed by atoms with Crippen LogP contribution >= 0.6 is 0 Å². The minimum absolute atomic E-state index is 0.101. The number of carbonyl (C=O) groups is 3. The highest BCUT2D eigenvalue weighted by molar-refractivity contribution is 6.07. The molecule has 1 aliphatic carbocycles. The first-order chi connectivity index (χ1) is 18.2. The third-order valence-corrected chi connectivity index (χ3v) is 6.86. The molecule has 0 radical (unpaired) electrons. The van der Waals surface area contributed by atoms with Gasteiger partial charge in [0.25, 0.3) is 11.8 Å². The quantitative estimate of drug-likeness (QED) is 0.572. The SMILES string of the molecule is COc1c(C(=O)/N=C2/CCOC[C@@H]2O)cc(Cc2ccc(C(=O)NCC(=O)N(C)C)c(F)c2)c2c1CCC2. The Morgan fingerprint density at radius 1 is 1.16 bits per heavy atom. The highest BCUT2D eigenvalue weighted by atomic mass is 19.1. The van der Waals surface area contributed by atoms with Crippen LogP contribution in [0.2, 0.25) is 0 Å². The second-order valence-corrected chi connectivity index (χ2v) is 9.64. The lowest BCUT2D eigenvalue weighted by molar-refractivity contribution is -0.127. The fraction of sp³-hybridized carbons (Fsp3) is 0.429. The largest absolute Gasteiger partial charge is 0.496 e. The van der Waals surface area contributed by atoms with E-state index in [2.05, 4.69) is 10.3 Å². The van der Waals surface area contributed by atoms with Gasteiger partial charge in [-0.1, -0.05) is 6.07 Å². The number of halogens is 1. The van der Waals surface area contributed by atoms with E-state index in [1.165, 1.54) is 24.1 Å². The molecular weight excluding hydrogens is 493 g/mol. The molecule has 2 aromatic rings. The molecule has 0 saturated carbocycles. The van der Waals surface area contributed by atoms with Crippen LogP contribution in [-0.2, 0) is 28.8 Å². The Morgan fingerprint density at radius 3 is 2.61 bits per heavy atom. The molecular formula is C28H32FN3O6.